The van der Waals surface area contributed by atoms with Crippen LogP contribution in [0.15, 0.2) is 30.3 Å². The zero-order valence-corrected chi connectivity index (χ0v) is 10.2. The number of nitrogen functional groups attached to an aromatic ring is 1. The Bertz CT molecular complexity index is 596. The van der Waals surface area contributed by atoms with Crippen molar-refractivity contribution in [2.75, 3.05) is 11.1 Å². The molecule has 3 rings (SSSR count). The van der Waals surface area contributed by atoms with E-state index in [1.54, 1.807) is 0 Å². The lowest BCUT2D eigenvalue weighted by molar-refractivity contribution is 0.134. The molecule has 1 aliphatic heterocycles. The second-order valence-electron chi connectivity index (χ2n) is 4.49. The SMILES string of the molecule is Cc1ccc(N)c(Nc2ccc3c(c2)COC3)n1. The number of nitrogens with two attached hydrogens (primary N) is 1. The van der Waals surface area contributed by atoms with Crippen LogP contribution in [-0.4, -0.2) is 4.98 Å². The van der Waals surface area contributed by atoms with Crippen molar-refractivity contribution in [1.29, 1.82) is 0 Å². The summed E-state index contributed by atoms with van der Waals surface area (Å²) >= 11 is 0. The number of nitrogens with zero attached hydrogens (tertiary/aromatic N) is 1. The minimum atomic E-state index is 0.650. The van der Waals surface area contributed by atoms with Crippen LogP contribution in [0.25, 0.3) is 0 Å². The summed E-state index contributed by atoms with van der Waals surface area (Å²) in [6.07, 6.45) is 0. The Morgan fingerprint density at radius 3 is 2.89 bits per heavy atom. The van der Waals surface area contributed by atoms with Gasteiger partial charge in [0, 0.05) is 11.4 Å². The van der Waals surface area contributed by atoms with E-state index in [1.807, 2.05) is 25.1 Å². The summed E-state index contributed by atoms with van der Waals surface area (Å²) in [6, 6.07) is 9.96. The maximum Gasteiger partial charge on any atom is 0.153 e. The molecule has 0 unspecified atom stereocenters. The van der Waals surface area contributed by atoms with E-state index in [0.29, 0.717) is 24.7 Å². The maximum absolute atomic E-state index is 5.90. The number of hydrogen-bond donors (Lipinski definition) is 2. The van der Waals surface area contributed by atoms with Gasteiger partial charge in [0.2, 0.25) is 0 Å². The van der Waals surface area contributed by atoms with Crippen molar-refractivity contribution >= 4 is 17.2 Å². The first-order valence-corrected chi connectivity index (χ1v) is 5.92. The summed E-state index contributed by atoms with van der Waals surface area (Å²) in [5, 5.41) is 3.25. The quantitative estimate of drug-likeness (QED) is 0.848. The number of nitrogens with one attached hydrogen (secondary N) is 1. The van der Waals surface area contributed by atoms with Crippen molar-refractivity contribution in [3.8, 4) is 0 Å². The fraction of sp³-hybridized carbons (Fsp3) is 0.214. The van der Waals surface area contributed by atoms with E-state index in [9.17, 15) is 0 Å². The van der Waals surface area contributed by atoms with E-state index in [0.717, 1.165) is 11.4 Å². The molecule has 0 spiro atoms. The first-order valence-electron chi connectivity index (χ1n) is 5.92. The average Bonchev–Trinajstić information content (AvgIpc) is 2.81. The predicted molar refractivity (Wildman–Crippen MR) is 71.6 cm³/mol. The van der Waals surface area contributed by atoms with Crippen LogP contribution in [0.1, 0.15) is 16.8 Å². The molecule has 4 nitrogen and oxygen atoms in total. The highest BCUT2D eigenvalue weighted by Gasteiger charge is 2.11. The van der Waals surface area contributed by atoms with Crippen LogP contribution >= 0.6 is 0 Å². The molecule has 18 heavy (non-hydrogen) atoms. The van der Waals surface area contributed by atoms with Gasteiger partial charge in [0.1, 0.15) is 0 Å². The van der Waals surface area contributed by atoms with Crippen LogP contribution in [0.5, 0.6) is 0 Å². The lowest BCUT2D eigenvalue weighted by atomic mass is 10.1. The normalized spacial score (nSPS) is 13.4. The molecule has 3 N–H and O–H groups in total. The van der Waals surface area contributed by atoms with E-state index in [-0.39, 0.29) is 0 Å². The summed E-state index contributed by atoms with van der Waals surface area (Å²) in [5.74, 6) is 0.703. The van der Waals surface area contributed by atoms with Crippen molar-refractivity contribution < 1.29 is 4.74 Å². The first-order chi connectivity index (χ1) is 8.72. The average molecular weight is 241 g/mol. The molecular weight excluding hydrogens is 226 g/mol. The Morgan fingerprint density at radius 2 is 2.00 bits per heavy atom. The molecule has 0 bridgehead atoms. The Kier molecular flexibility index (Phi) is 2.64. The number of hydrogen-bond acceptors (Lipinski definition) is 4. The van der Waals surface area contributed by atoms with Crippen molar-refractivity contribution in [3.63, 3.8) is 0 Å². The summed E-state index contributed by atoms with van der Waals surface area (Å²) in [6.45, 7) is 3.34. The summed E-state index contributed by atoms with van der Waals surface area (Å²) in [7, 11) is 0. The summed E-state index contributed by atoms with van der Waals surface area (Å²) < 4.78 is 5.39. The van der Waals surface area contributed by atoms with Gasteiger partial charge in [-0.2, -0.15) is 0 Å². The van der Waals surface area contributed by atoms with Gasteiger partial charge >= 0.3 is 0 Å². The Hall–Kier alpha value is -2.07. The molecule has 1 aromatic carbocycles. The lowest BCUT2D eigenvalue weighted by Gasteiger charge is -2.10. The number of aryl methyl sites for hydroxylation is 1. The molecule has 2 aromatic rings. The molecule has 0 fully saturated rings. The summed E-state index contributed by atoms with van der Waals surface area (Å²) in [4.78, 5) is 4.39. The van der Waals surface area contributed by atoms with E-state index in [2.05, 4.69) is 22.4 Å². The highest BCUT2D eigenvalue weighted by Crippen LogP contribution is 2.26. The smallest absolute Gasteiger partial charge is 0.153 e. The van der Waals surface area contributed by atoms with Gasteiger partial charge in [-0.15, -0.1) is 0 Å². The van der Waals surface area contributed by atoms with Crippen molar-refractivity contribution in [2.24, 2.45) is 0 Å². The van der Waals surface area contributed by atoms with Gasteiger partial charge in [-0.05, 0) is 42.3 Å². The molecule has 0 saturated carbocycles. The van der Waals surface area contributed by atoms with Crippen LogP contribution in [0.4, 0.5) is 17.2 Å². The molecule has 0 atom stereocenters. The third-order valence-electron chi connectivity index (χ3n) is 3.05. The second kappa shape index (κ2) is 4.31. The number of benzene rings is 1. The molecule has 2 heterocycles. The zero-order chi connectivity index (χ0) is 12.5. The molecule has 92 valence electrons. The zero-order valence-electron chi connectivity index (χ0n) is 10.2. The van der Waals surface area contributed by atoms with E-state index in [1.165, 1.54) is 11.1 Å². The van der Waals surface area contributed by atoms with Gasteiger partial charge in [-0.1, -0.05) is 6.07 Å². The van der Waals surface area contributed by atoms with Gasteiger partial charge in [0.25, 0.3) is 0 Å². The molecule has 0 amide bonds. The van der Waals surface area contributed by atoms with E-state index < -0.39 is 0 Å². The fourth-order valence-electron chi connectivity index (χ4n) is 2.05. The number of pyridine rings is 1. The van der Waals surface area contributed by atoms with Crippen LogP contribution in [-0.2, 0) is 18.0 Å². The number of anilines is 3. The van der Waals surface area contributed by atoms with Gasteiger partial charge in [-0.3, -0.25) is 0 Å². The first kappa shape index (κ1) is 11.0. The van der Waals surface area contributed by atoms with Crippen molar-refractivity contribution in [1.82, 2.24) is 4.98 Å². The molecule has 1 aliphatic rings. The van der Waals surface area contributed by atoms with E-state index >= 15 is 0 Å². The number of rotatable bonds is 2. The Labute approximate surface area is 106 Å². The Morgan fingerprint density at radius 1 is 1.17 bits per heavy atom. The highest BCUT2D eigenvalue weighted by molar-refractivity contribution is 5.69. The molecule has 0 radical (unpaired) electrons. The molecule has 4 heteroatoms. The molecule has 1 aromatic heterocycles. The summed E-state index contributed by atoms with van der Waals surface area (Å²) in [5.41, 5.74) is 11.0. The third kappa shape index (κ3) is 2.02. The molecular formula is C14H15N3O. The maximum atomic E-state index is 5.90. The molecule has 0 aliphatic carbocycles. The van der Waals surface area contributed by atoms with Crippen LogP contribution in [0, 0.1) is 6.92 Å². The lowest BCUT2D eigenvalue weighted by Crippen LogP contribution is -2.00. The van der Waals surface area contributed by atoms with Crippen LogP contribution < -0.4 is 11.1 Å². The third-order valence-corrected chi connectivity index (χ3v) is 3.05. The van der Waals surface area contributed by atoms with Gasteiger partial charge in [0.15, 0.2) is 5.82 Å². The topological polar surface area (TPSA) is 60.2 Å². The monoisotopic (exact) mass is 241 g/mol. The fourth-order valence-corrected chi connectivity index (χ4v) is 2.05. The van der Waals surface area contributed by atoms with Gasteiger partial charge in [-0.25, -0.2) is 4.98 Å². The number of ether oxygens (including phenoxy) is 1. The predicted octanol–water partition coefficient (Wildman–Crippen LogP) is 2.75. The second-order valence-corrected chi connectivity index (χ2v) is 4.49. The standard InChI is InChI=1S/C14H15N3O/c1-9-2-5-13(15)14(16-9)17-12-4-3-10-7-18-8-11(10)6-12/h2-6H,7-8,15H2,1H3,(H,16,17). The molecule has 0 saturated heterocycles. The minimum Gasteiger partial charge on any atom is -0.396 e. The van der Waals surface area contributed by atoms with Gasteiger partial charge in [0.05, 0.1) is 18.9 Å². The number of aromatic nitrogens is 1. The minimum absolute atomic E-state index is 0.650. The highest BCUT2D eigenvalue weighted by atomic mass is 16.5. The van der Waals surface area contributed by atoms with Crippen molar-refractivity contribution in [3.05, 3.63) is 47.2 Å². The Balaban J connectivity index is 1.90. The number of fused-ring (bicyclic) bond motifs is 1. The van der Waals surface area contributed by atoms with Gasteiger partial charge < -0.3 is 15.8 Å². The largest absolute Gasteiger partial charge is 0.396 e. The van der Waals surface area contributed by atoms with E-state index in [4.69, 9.17) is 10.5 Å². The van der Waals surface area contributed by atoms with Crippen LogP contribution in [0.3, 0.4) is 0 Å². The van der Waals surface area contributed by atoms with Crippen molar-refractivity contribution in [2.45, 2.75) is 20.1 Å². The van der Waals surface area contributed by atoms with Crippen LogP contribution in [0.2, 0.25) is 0 Å².